The number of carbonyl (C=O) groups is 2. The number of anilines is 1. The summed E-state index contributed by atoms with van der Waals surface area (Å²) in [7, 11) is 1.52. The van der Waals surface area contributed by atoms with Crippen LogP contribution in [0.2, 0.25) is 0 Å². The van der Waals surface area contributed by atoms with E-state index in [1.54, 1.807) is 35.4 Å². The molecule has 1 aromatic heterocycles. The number of rotatable bonds is 7. The van der Waals surface area contributed by atoms with Crippen molar-refractivity contribution in [2.24, 2.45) is 4.99 Å². The minimum absolute atomic E-state index is 0.000368. The molecule has 49 heavy (non-hydrogen) atoms. The Hall–Kier alpha value is -5.48. The molecule has 10 nitrogen and oxygen atoms in total. The van der Waals surface area contributed by atoms with E-state index >= 15 is 0 Å². The summed E-state index contributed by atoms with van der Waals surface area (Å²) >= 11 is 6.36. The number of amides is 2. The molecule has 2 amide bonds. The van der Waals surface area contributed by atoms with Crippen molar-refractivity contribution in [1.82, 2.24) is 14.9 Å². The number of phenolic OH excluding ortho intramolecular Hbond substituents is 1. The molecule has 4 aromatic carbocycles. The molecule has 2 atom stereocenters. The Kier molecular flexibility index (Phi) is 7.88. The van der Waals surface area contributed by atoms with E-state index in [-0.39, 0.29) is 42.6 Å². The zero-order valence-corrected chi connectivity index (χ0v) is 27.4. The molecule has 0 saturated heterocycles. The van der Waals surface area contributed by atoms with Gasteiger partial charge in [-0.3, -0.25) is 14.6 Å². The molecule has 1 N–H and O–H groups in total. The molecule has 11 heteroatoms. The van der Waals surface area contributed by atoms with Crippen LogP contribution in [0.25, 0.3) is 10.8 Å². The van der Waals surface area contributed by atoms with E-state index in [2.05, 4.69) is 22.1 Å². The average molecular weight is 674 g/mol. The standard InChI is InChI=1S/C38H32ClN5O5/c1-48-33-14-29-30(41-18-26-12-22-6-2-3-7-23(22)19-43(26)38(29)47)15-34(33)49-21-35-40-11-10-25(42-35)13-36(46)44-20-24(17-39)37-28-9-5-4-8-27(28)32(45)16-31(37)44/h2-11,14-16,18,24,26,45H,12-13,17,19-21H2,1H3/t24-,26+/m1/s1. The Morgan fingerprint density at radius 2 is 1.82 bits per heavy atom. The Bertz CT molecular complexity index is 2170. The largest absolute Gasteiger partial charge is 0.507 e. The summed E-state index contributed by atoms with van der Waals surface area (Å²) in [6.07, 6.45) is 4.15. The predicted octanol–water partition coefficient (Wildman–Crippen LogP) is 6.12. The summed E-state index contributed by atoms with van der Waals surface area (Å²) in [6, 6.07) is 22.3. The summed E-state index contributed by atoms with van der Waals surface area (Å²) in [6.45, 7) is 0.930. The number of halogens is 1. The van der Waals surface area contributed by atoms with Gasteiger partial charge in [-0.1, -0.05) is 48.5 Å². The number of ether oxygens (including phenoxy) is 2. The smallest absolute Gasteiger partial charge is 0.257 e. The number of aromatic nitrogens is 2. The first-order chi connectivity index (χ1) is 23.9. The zero-order chi connectivity index (χ0) is 33.6. The van der Waals surface area contributed by atoms with Gasteiger partial charge >= 0.3 is 0 Å². The quantitative estimate of drug-likeness (QED) is 0.207. The highest BCUT2D eigenvalue weighted by Gasteiger charge is 2.35. The SMILES string of the molecule is COc1cc2c(cc1OCc1nccc(CC(=O)N3C[C@@H](CCl)c4c3cc(O)c3ccccc43)n1)N=C[C@@H]1Cc3ccccc3CN1C2=O. The molecule has 3 aliphatic heterocycles. The first-order valence-electron chi connectivity index (χ1n) is 16.1. The molecular weight excluding hydrogens is 642 g/mol. The van der Waals surface area contributed by atoms with Gasteiger partial charge < -0.3 is 24.4 Å². The fourth-order valence-electron chi connectivity index (χ4n) is 7.11. The molecule has 246 valence electrons. The lowest BCUT2D eigenvalue weighted by Gasteiger charge is -2.34. The van der Waals surface area contributed by atoms with E-state index < -0.39 is 0 Å². The van der Waals surface area contributed by atoms with Crippen molar-refractivity contribution < 1.29 is 24.2 Å². The highest BCUT2D eigenvalue weighted by molar-refractivity contribution is 6.19. The lowest BCUT2D eigenvalue weighted by atomic mass is 9.94. The lowest BCUT2D eigenvalue weighted by Crippen LogP contribution is -2.44. The van der Waals surface area contributed by atoms with Crippen LogP contribution < -0.4 is 14.4 Å². The number of nitrogens with zero attached hydrogens (tertiary/aromatic N) is 5. The van der Waals surface area contributed by atoms with Crippen LogP contribution in [0.3, 0.4) is 0 Å². The molecule has 0 saturated carbocycles. The molecule has 0 unspecified atom stereocenters. The van der Waals surface area contributed by atoms with Crippen molar-refractivity contribution in [2.75, 3.05) is 24.4 Å². The lowest BCUT2D eigenvalue weighted by molar-refractivity contribution is -0.118. The van der Waals surface area contributed by atoms with E-state index in [1.165, 1.54) is 12.7 Å². The number of aliphatic imine (C=N–C) groups is 1. The first kappa shape index (κ1) is 30.8. The first-order valence-corrected chi connectivity index (χ1v) is 16.6. The van der Waals surface area contributed by atoms with E-state index in [9.17, 15) is 14.7 Å². The molecule has 0 radical (unpaired) electrons. The number of methoxy groups -OCH3 is 1. The van der Waals surface area contributed by atoms with Gasteiger partial charge in [0, 0.05) is 54.8 Å². The van der Waals surface area contributed by atoms with Crippen molar-refractivity contribution in [1.29, 1.82) is 0 Å². The Labute approximate surface area is 287 Å². The molecule has 5 aromatic rings. The van der Waals surface area contributed by atoms with Crippen LogP contribution in [0.1, 0.15) is 44.5 Å². The molecule has 0 spiro atoms. The normalized spacial score (nSPS) is 17.6. The van der Waals surface area contributed by atoms with E-state index in [0.29, 0.717) is 65.3 Å². The monoisotopic (exact) mass is 673 g/mol. The van der Waals surface area contributed by atoms with E-state index in [1.807, 2.05) is 47.5 Å². The van der Waals surface area contributed by atoms with E-state index in [4.69, 9.17) is 26.1 Å². The number of hydrogen-bond acceptors (Lipinski definition) is 8. The van der Waals surface area contributed by atoms with Crippen LogP contribution in [0.4, 0.5) is 11.4 Å². The average Bonchev–Trinajstić information content (AvgIpc) is 3.45. The van der Waals surface area contributed by atoms with E-state index in [0.717, 1.165) is 21.9 Å². The molecule has 0 fully saturated rings. The van der Waals surface area contributed by atoms with Crippen molar-refractivity contribution in [2.45, 2.75) is 38.0 Å². The maximum absolute atomic E-state index is 13.7. The number of aromatic hydroxyl groups is 1. The van der Waals surface area contributed by atoms with Gasteiger partial charge in [0.15, 0.2) is 17.3 Å². The molecule has 8 rings (SSSR count). The molecule has 4 heterocycles. The van der Waals surface area contributed by atoms with Crippen molar-refractivity contribution in [3.63, 3.8) is 0 Å². The van der Waals surface area contributed by atoms with Crippen LogP contribution >= 0.6 is 11.6 Å². The second-order valence-electron chi connectivity index (χ2n) is 12.4. The number of phenols is 1. The summed E-state index contributed by atoms with van der Waals surface area (Å²) in [5, 5.41) is 12.4. The van der Waals surface area contributed by atoms with Crippen molar-refractivity contribution in [3.05, 3.63) is 113 Å². The van der Waals surface area contributed by atoms with Gasteiger partial charge in [-0.05, 0) is 40.6 Å². The highest BCUT2D eigenvalue weighted by Crippen LogP contribution is 2.45. The summed E-state index contributed by atoms with van der Waals surface area (Å²) in [4.78, 5) is 44.6. The van der Waals surface area contributed by atoms with Gasteiger partial charge in [-0.25, -0.2) is 9.97 Å². The Morgan fingerprint density at radius 1 is 1.02 bits per heavy atom. The van der Waals surface area contributed by atoms with Crippen LogP contribution in [0, 0.1) is 0 Å². The zero-order valence-electron chi connectivity index (χ0n) is 26.7. The van der Waals surface area contributed by atoms with Crippen molar-refractivity contribution >= 4 is 51.8 Å². The number of carbonyl (C=O) groups excluding carboxylic acids is 2. The summed E-state index contributed by atoms with van der Waals surface area (Å²) < 4.78 is 11.8. The minimum Gasteiger partial charge on any atom is -0.507 e. The summed E-state index contributed by atoms with van der Waals surface area (Å²) in [5.74, 6) is 1.29. The Balaban J connectivity index is 0.997. The van der Waals surface area contributed by atoms with Gasteiger partial charge in [0.05, 0.1) is 42.2 Å². The predicted molar refractivity (Wildman–Crippen MR) is 186 cm³/mol. The minimum atomic E-state index is -0.163. The third-order valence-corrected chi connectivity index (χ3v) is 9.90. The topological polar surface area (TPSA) is 117 Å². The fraction of sp³-hybridized carbons (Fsp3) is 0.237. The van der Waals surface area contributed by atoms with Gasteiger partial charge in [-0.15, -0.1) is 11.6 Å². The highest BCUT2D eigenvalue weighted by atomic mass is 35.5. The number of fused-ring (bicyclic) bond motifs is 6. The van der Waals surface area contributed by atoms with Crippen LogP contribution in [-0.2, 0) is 30.8 Å². The second-order valence-corrected chi connectivity index (χ2v) is 12.7. The number of benzene rings is 4. The molecule has 3 aliphatic rings. The van der Waals surface area contributed by atoms with Crippen LogP contribution in [-0.4, -0.2) is 63.6 Å². The third kappa shape index (κ3) is 5.51. The number of alkyl halides is 1. The maximum Gasteiger partial charge on any atom is 0.257 e. The maximum atomic E-state index is 13.7. The molecule has 0 bridgehead atoms. The second kappa shape index (κ2) is 12.5. The third-order valence-electron chi connectivity index (χ3n) is 9.53. The van der Waals surface area contributed by atoms with Crippen LogP contribution in [0.15, 0.2) is 84.0 Å². The van der Waals surface area contributed by atoms with Gasteiger partial charge in [0.1, 0.15) is 12.4 Å². The fourth-order valence-corrected chi connectivity index (χ4v) is 7.37. The van der Waals surface area contributed by atoms with Gasteiger partial charge in [0.2, 0.25) is 5.91 Å². The van der Waals surface area contributed by atoms with Crippen LogP contribution in [0.5, 0.6) is 17.2 Å². The number of hydrogen-bond donors (Lipinski definition) is 1. The molecule has 0 aliphatic carbocycles. The van der Waals surface area contributed by atoms with Gasteiger partial charge in [-0.2, -0.15) is 0 Å². The van der Waals surface area contributed by atoms with Crippen molar-refractivity contribution in [3.8, 4) is 17.2 Å². The Morgan fingerprint density at radius 3 is 2.63 bits per heavy atom. The summed E-state index contributed by atoms with van der Waals surface area (Å²) in [5.41, 5.74) is 5.47. The molecular formula is C38H32ClN5O5. The van der Waals surface area contributed by atoms with Gasteiger partial charge in [0.25, 0.3) is 5.91 Å².